The van der Waals surface area contributed by atoms with Crippen molar-refractivity contribution in [3.63, 3.8) is 0 Å². The van der Waals surface area contributed by atoms with Gasteiger partial charge in [0, 0.05) is 37.0 Å². The molecule has 0 saturated carbocycles. The van der Waals surface area contributed by atoms with E-state index in [9.17, 15) is 0 Å². The van der Waals surface area contributed by atoms with E-state index >= 15 is 0 Å². The molecule has 0 atom stereocenters. The molecule has 0 spiro atoms. The molecule has 120 valence electrons. The minimum Gasteiger partial charge on any atom is -0.488 e. The third kappa shape index (κ3) is 4.88. The Morgan fingerprint density at radius 1 is 1.23 bits per heavy atom. The van der Waals surface area contributed by atoms with E-state index < -0.39 is 0 Å². The van der Waals surface area contributed by atoms with Crippen molar-refractivity contribution in [3.05, 3.63) is 47.3 Å². The van der Waals surface area contributed by atoms with Gasteiger partial charge in [-0.2, -0.15) is 5.10 Å². The lowest BCUT2D eigenvalue weighted by molar-refractivity contribution is 0.129. The van der Waals surface area contributed by atoms with Crippen LogP contribution in [0.25, 0.3) is 0 Å². The number of hydrogen-bond donors (Lipinski definition) is 1. The lowest BCUT2D eigenvalue weighted by atomic mass is 10.1. The summed E-state index contributed by atoms with van der Waals surface area (Å²) in [5.41, 5.74) is 3.41. The summed E-state index contributed by atoms with van der Waals surface area (Å²) in [6.07, 6.45) is 3.99. The summed E-state index contributed by atoms with van der Waals surface area (Å²) in [4.78, 5) is 0. The van der Waals surface area contributed by atoms with E-state index in [2.05, 4.69) is 69.4 Å². The monoisotopic (exact) mass is 301 g/mol. The zero-order valence-electron chi connectivity index (χ0n) is 14.3. The van der Waals surface area contributed by atoms with Crippen LogP contribution in [0.1, 0.15) is 44.4 Å². The Kier molecular flexibility index (Phi) is 5.24. The van der Waals surface area contributed by atoms with E-state index in [1.54, 1.807) is 0 Å². The van der Waals surface area contributed by atoms with Gasteiger partial charge in [0.15, 0.2) is 0 Å². The third-order valence-electron chi connectivity index (χ3n) is 3.29. The summed E-state index contributed by atoms with van der Waals surface area (Å²) in [6.45, 7) is 12.9. The van der Waals surface area contributed by atoms with Crippen molar-refractivity contribution >= 4 is 0 Å². The van der Waals surface area contributed by atoms with Gasteiger partial charge in [-0.05, 0) is 46.2 Å². The highest BCUT2D eigenvalue weighted by Gasteiger charge is 2.14. The van der Waals surface area contributed by atoms with Crippen molar-refractivity contribution in [1.82, 2.24) is 15.1 Å². The van der Waals surface area contributed by atoms with Gasteiger partial charge in [0.25, 0.3) is 0 Å². The van der Waals surface area contributed by atoms with Crippen LogP contribution in [0.2, 0.25) is 0 Å². The maximum absolute atomic E-state index is 6.08. The number of nitrogens with one attached hydrogen (secondary N) is 1. The van der Waals surface area contributed by atoms with Gasteiger partial charge >= 0.3 is 0 Å². The molecule has 22 heavy (non-hydrogen) atoms. The molecule has 0 amide bonds. The average molecular weight is 301 g/mol. The van der Waals surface area contributed by atoms with Crippen LogP contribution < -0.4 is 10.1 Å². The first-order valence-electron chi connectivity index (χ1n) is 7.88. The molecule has 1 aromatic heterocycles. The number of nitrogens with zero attached hydrogens (tertiary/aromatic N) is 2. The predicted molar refractivity (Wildman–Crippen MR) is 90.0 cm³/mol. The number of aryl methyl sites for hydroxylation is 2. The molecular formula is C18H27N3O. The van der Waals surface area contributed by atoms with Crippen LogP contribution in [-0.2, 0) is 19.6 Å². The van der Waals surface area contributed by atoms with Crippen LogP contribution in [0.3, 0.4) is 0 Å². The average Bonchev–Trinajstić information content (AvgIpc) is 2.87. The maximum Gasteiger partial charge on any atom is 0.124 e. The van der Waals surface area contributed by atoms with Gasteiger partial charge in [-0.25, -0.2) is 0 Å². The number of hydrogen-bond acceptors (Lipinski definition) is 3. The fourth-order valence-corrected chi connectivity index (χ4v) is 2.24. The first-order valence-corrected chi connectivity index (χ1v) is 7.88. The zero-order valence-corrected chi connectivity index (χ0v) is 14.3. The van der Waals surface area contributed by atoms with Crippen LogP contribution in [-0.4, -0.2) is 15.4 Å². The van der Waals surface area contributed by atoms with Crippen molar-refractivity contribution < 1.29 is 4.74 Å². The largest absolute Gasteiger partial charge is 0.488 e. The van der Waals surface area contributed by atoms with Crippen molar-refractivity contribution in [2.45, 2.75) is 59.9 Å². The van der Waals surface area contributed by atoms with Crippen LogP contribution in [0.15, 0.2) is 30.6 Å². The first-order chi connectivity index (χ1) is 10.4. The van der Waals surface area contributed by atoms with Gasteiger partial charge in [0.2, 0.25) is 0 Å². The molecule has 0 aliphatic carbocycles. The van der Waals surface area contributed by atoms with Gasteiger partial charge < -0.3 is 10.1 Å². The van der Waals surface area contributed by atoms with Crippen LogP contribution >= 0.6 is 0 Å². The summed E-state index contributed by atoms with van der Waals surface area (Å²) in [5.74, 6) is 0.962. The second kappa shape index (κ2) is 6.97. The molecule has 4 heteroatoms. The molecule has 0 aliphatic rings. The lowest BCUT2D eigenvalue weighted by Gasteiger charge is -2.23. The lowest BCUT2D eigenvalue weighted by Crippen LogP contribution is -2.24. The molecule has 0 aliphatic heterocycles. The van der Waals surface area contributed by atoms with Crippen molar-refractivity contribution in [1.29, 1.82) is 0 Å². The molecule has 0 fully saturated rings. The Morgan fingerprint density at radius 3 is 2.64 bits per heavy atom. The SMILES string of the molecule is CCn1cc(CNCc2ccc(C)cc2OC(C)(C)C)cn1. The summed E-state index contributed by atoms with van der Waals surface area (Å²) in [5, 5.41) is 7.76. The third-order valence-corrected chi connectivity index (χ3v) is 3.29. The Morgan fingerprint density at radius 2 is 2.00 bits per heavy atom. The van der Waals surface area contributed by atoms with Crippen LogP contribution in [0, 0.1) is 6.92 Å². The smallest absolute Gasteiger partial charge is 0.124 e. The molecule has 2 aromatic rings. The predicted octanol–water partition coefficient (Wildman–Crippen LogP) is 3.68. The highest BCUT2D eigenvalue weighted by Crippen LogP contribution is 2.24. The van der Waals surface area contributed by atoms with Gasteiger partial charge in [0.05, 0.1) is 6.20 Å². The van der Waals surface area contributed by atoms with E-state index in [1.807, 2.05) is 10.9 Å². The van der Waals surface area contributed by atoms with Crippen molar-refractivity contribution in [3.8, 4) is 5.75 Å². The normalized spacial score (nSPS) is 11.7. The fourth-order valence-electron chi connectivity index (χ4n) is 2.24. The maximum atomic E-state index is 6.08. The molecule has 0 saturated heterocycles. The first kappa shape index (κ1) is 16.6. The minimum atomic E-state index is -0.190. The number of ether oxygens (including phenoxy) is 1. The van der Waals surface area contributed by atoms with E-state index in [1.165, 1.54) is 16.7 Å². The molecule has 4 nitrogen and oxygen atoms in total. The van der Waals surface area contributed by atoms with Gasteiger partial charge in [-0.1, -0.05) is 12.1 Å². The van der Waals surface area contributed by atoms with E-state index in [0.717, 1.165) is 25.4 Å². The second-order valence-corrected chi connectivity index (χ2v) is 6.63. The molecular weight excluding hydrogens is 274 g/mol. The standard InChI is InChI=1S/C18H27N3O/c1-6-21-13-15(11-20-21)10-19-12-16-8-7-14(2)9-17(16)22-18(3,4)5/h7-9,11,13,19H,6,10,12H2,1-5H3. The highest BCUT2D eigenvalue weighted by molar-refractivity contribution is 5.37. The summed E-state index contributed by atoms with van der Waals surface area (Å²) in [7, 11) is 0. The topological polar surface area (TPSA) is 39.1 Å². The Hall–Kier alpha value is -1.81. The summed E-state index contributed by atoms with van der Waals surface area (Å²) >= 11 is 0. The van der Waals surface area contributed by atoms with Gasteiger partial charge in [-0.3, -0.25) is 4.68 Å². The molecule has 1 aromatic carbocycles. The Labute approximate surface area is 133 Å². The minimum absolute atomic E-state index is 0.190. The fraction of sp³-hybridized carbons (Fsp3) is 0.500. The zero-order chi connectivity index (χ0) is 16.2. The summed E-state index contributed by atoms with van der Waals surface area (Å²) in [6, 6.07) is 6.37. The molecule has 1 heterocycles. The van der Waals surface area contributed by atoms with E-state index in [4.69, 9.17) is 4.74 Å². The highest BCUT2D eigenvalue weighted by atomic mass is 16.5. The second-order valence-electron chi connectivity index (χ2n) is 6.63. The van der Waals surface area contributed by atoms with E-state index in [-0.39, 0.29) is 5.60 Å². The van der Waals surface area contributed by atoms with Crippen LogP contribution in [0.5, 0.6) is 5.75 Å². The number of aromatic nitrogens is 2. The molecule has 0 radical (unpaired) electrons. The van der Waals surface area contributed by atoms with E-state index in [0.29, 0.717) is 0 Å². The molecule has 2 rings (SSSR count). The van der Waals surface area contributed by atoms with Gasteiger partial charge in [0.1, 0.15) is 11.4 Å². The molecule has 0 unspecified atom stereocenters. The Bertz CT molecular complexity index is 611. The molecule has 1 N–H and O–H groups in total. The summed E-state index contributed by atoms with van der Waals surface area (Å²) < 4.78 is 8.02. The number of benzene rings is 1. The Balaban J connectivity index is 1.99. The van der Waals surface area contributed by atoms with Gasteiger partial charge in [-0.15, -0.1) is 0 Å². The molecule has 0 bridgehead atoms. The quantitative estimate of drug-likeness (QED) is 0.884. The van der Waals surface area contributed by atoms with Crippen LogP contribution in [0.4, 0.5) is 0 Å². The number of rotatable bonds is 6. The van der Waals surface area contributed by atoms with Crippen molar-refractivity contribution in [2.24, 2.45) is 0 Å². The van der Waals surface area contributed by atoms with Crippen molar-refractivity contribution in [2.75, 3.05) is 0 Å².